The molecular formula is C31H37F2N5O3. The maximum absolute atomic E-state index is 13.8. The molecule has 1 saturated carbocycles. The fourth-order valence-corrected chi connectivity index (χ4v) is 5.86. The summed E-state index contributed by atoms with van der Waals surface area (Å²) in [7, 11) is 1.82. The Labute approximate surface area is 239 Å². The number of aromatic nitrogens is 2. The third kappa shape index (κ3) is 7.16. The molecular weight excluding hydrogens is 528 g/mol. The molecule has 0 bridgehead atoms. The molecule has 218 valence electrons. The molecule has 2 aromatic carbocycles. The number of nitrogens with one attached hydrogen (secondary N) is 1. The molecule has 1 aliphatic carbocycles. The van der Waals surface area contributed by atoms with Crippen LogP contribution in [-0.2, 0) is 22.1 Å². The molecule has 1 amide bonds. The molecule has 41 heavy (non-hydrogen) atoms. The van der Waals surface area contributed by atoms with Gasteiger partial charge in [0.15, 0.2) is 5.78 Å². The molecule has 3 aromatic rings. The van der Waals surface area contributed by atoms with E-state index in [4.69, 9.17) is 4.74 Å². The van der Waals surface area contributed by atoms with Crippen LogP contribution in [0.5, 0.6) is 0 Å². The van der Waals surface area contributed by atoms with Gasteiger partial charge < -0.3 is 15.0 Å². The molecule has 0 spiro atoms. The number of anilines is 1. The van der Waals surface area contributed by atoms with Gasteiger partial charge in [-0.05, 0) is 49.3 Å². The van der Waals surface area contributed by atoms with Gasteiger partial charge in [-0.1, -0.05) is 36.4 Å². The molecule has 5 rings (SSSR count). The predicted octanol–water partition coefficient (Wildman–Crippen LogP) is 5.62. The van der Waals surface area contributed by atoms with Crippen molar-refractivity contribution in [2.75, 3.05) is 32.0 Å². The zero-order chi connectivity index (χ0) is 29.0. The summed E-state index contributed by atoms with van der Waals surface area (Å²) in [5.74, 6) is -2.21. The van der Waals surface area contributed by atoms with Crippen molar-refractivity contribution in [1.29, 1.82) is 0 Å². The van der Waals surface area contributed by atoms with Crippen LogP contribution >= 0.6 is 0 Å². The first-order valence-electron chi connectivity index (χ1n) is 14.2. The number of carbonyl (C=O) groups is 2. The van der Waals surface area contributed by atoms with Crippen molar-refractivity contribution < 1.29 is 23.1 Å². The van der Waals surface area contributed by atoms with Gasteiger partial charge in [0.05, 0.1) is 12.1 Å². The lowest BCUT2D eigenvalue weighted by Gasteiger charge is -2.47. The summed E-state index contributed by atoms with van der Waals surface area (Å²) in [4.78, 5) is 37.7. The number of carbonyl (C=O) groups excluding carboxylic acids is 2. The van der Waals surface area contributed by atoms with E-state index >= 15 is 0 Å². The minimum atomic E-state index is -2.98. The molecule has 1 aliphatic heterocycles. The largest absolute Gasteiger partial charge is 0.445 e. The Morgan fingerprint density at radius 3 is 2.51 bits per heavy atom. The van der Waals surface area contributed by atoms with E-state index in [1.807, 2.05) is 37.4 Å². The Morgan fingerprint density at radius 1 is 1.07 bits per heavy atom. The highest BCUT2D eigenvalue weighted by molar-refractivity contribution is 5.91. The van der Waals surface area contributed by atoms with Crippen LogP contribution in [0.1, 0.15) is 50.2 Å². The molecule has 0 unspecified atom stereocenters. The number of likely N-dealkylation sites (tertiary alicyclic amines) is 1. The standard InChI is InChI=1S/C31H37F2N5O3/c1-31(32,33)23-8-13-28-27(15-23)29(36-20-35-28)34-16-26(39)14-22-17-38(18-22)25-11-9-24(10-12-25)37(2)30(40)41-19-21-6-4-3-5-7-21/h3-8,13,15,20,22,24-25H,9-12,14,16-19H2,1-2H3,(H,34,35,36). The minimum Gasteiger partial charge on any atom is -0.445 e. The average molecular weight is 566 g/mol. The maximum atomic E-state index is 13.8. The second-order valence-corrected chi connectivity index (χ2v) is 11.4. The number of hydrogen-bond acceptors (Lipinski definition) is 7. The lowest BCUT2D eigenvalue weighted by atomic mass is 9.85. The number of halogens is 2. The summed E-state index contributed by atoms with van der Waals surface area (Å²) in [5.41, 5.74) is 1.40. The number of Topliss-reactive ketones (excluding diaryl/α,β-unsaturated/α-hetero) is 1. The van der Waals surface area contributed by atoms with Gasteiger partial charge >= 0.3 is 6.09 Å². The van der Waals surface area contributed by atoms with Gasteiger partial charge in [-0.3, -0.25) is 9.69 Å². The Kier molecular flexibility index (Phi) is 8.77. The molecule has 0 radical (unpaired) electrons. The molecule has 1 saturated heterocycles. The smallest absolute Gasteiger partial charge is 0.410 e. The summed E-state index contributed by atoms with van der Waals surface area (Å²) < 4.78 is 33.1. The van der Waals surface area contributed by atoms with Crippen molar-refractivity contribution in [3.05, 3.63) is 66.0 Å². The molecule has 10 heteroatoms. The zero-order valence-electron chi connectivity index (χ0n) is 23.6. The Bertz CT molecular complexity index is 1350. The molecule has 0 atom stereocenters. The summed E-state index contributed by atoms with van der Waals surface area (Å²) in [5, 5.41) is 3.51. The van der Waals surface area contributed by atoms with Gasteiger partial charge in [-0.2, -0.15) is 0 Å². The quantitative estimate of drug-likeness (QED) is 0.341. The van der Waals surface area contributed by atoms with Crippen molar-refractivity contribution in [2.24, 2.45) is 5.92 Å². The van der Waals surface area contributed by atoms with E-state index in [0.717, 1.165) is 51.3 Å². The third-order valence-electron chi connectivity index (χ3n) is 8.32. The SMILES string of the molecule is CN(C(=O)OCc1ccccc1)C1CCC(N2CC(CC(=O)CNc3ncnc4ccc(C(C)(F)F)cc34)C2)CC1. The van der Waals surface area contributed by atoms with E-state index in [1.165, 1.54) is 18.5 Å². The number of ketones is 1. The summed E-state index contributed by atoms with van der Waals surface area (Å²) in [6, 6.07) is 14.6. The van der Waals surface area contributed by atoms with Gasteiger partial charge in [-0.15, -0.1) is 0 Å². The molecule has 1 aromatic heterocycles. The topological polar surface area (TPSA) is 87.7 Å². The minimum absolute atomic E-state index is 0.0673. The molecule has 8 nitrogen and oxygen atoms in total. The maximum Gasteiger partial charge on any atom is 0.410 e. The second kappa shape index (κ2) is 12.5. The summed E-state index contributed by atoms with van der Waals surface area (Å²) in [6.45, 7) is 3.00. The number of amides is 1. The van der Waals surface area contributed by atoms with E-state index in [0.29, 0.717) is 35.1 Å². The number of rotatable bonds is 10. The predicted molar refractivity (Wildman–Crippen MR) is 153 cm³/mol. The van der Waals surface area contributed by atoms with Crippen LogP contribution < -0.4 is 5.32 Å². The zero-order valence-corrected chi connectivity index (χ0v) is 23.6. The fraction of sp³-hybridized carbons (Fsp3) is 0.484. The van der Waals surface area contributed by atoms with E-state index < -0.39 is 5.92 Å². The van der Waals surface area contributed by atoms with Crippen LogP contribution in [0, 0.1) is 5.92 Å². The monoisotopic (exact) mass is 565 g/mol. The van der Waals surface area contributed by atoms with Crippen molar-refractivity contribution in [3.8, 4) is 0 Å². The summed E-state index contributed by atoms with van der Waals surface area (Å²) >= 11 is 0. The van der Waals surface area contributed by atoms with Crippen molar-refractivity contribution in [3.63, 3.8) is 0 Å². The van der Waals surface area contributed by atoms with Gasteiger partial charge in [-0.25, -0.2) is 23.5 Å². The van der Waals surface area contributed by atoms with Crippen LogP contribution in [0.3, 0.4) is 0 Å². The van der Waals surface area contributed by atoms with Crippen molar-refractivity contribution in [1.82, 2.24) is 19.8 Å². The Morgan fingerprint density at radius 2 is 1.80 bits per heavy atom. The highest BCUT2D eigenvalue weighted by Gasteiger charge is 2.36. The van der Waals surface area contributed by atoms with Gasteiger partial charge in [0.25, 0.3) is 5.92 Å². The Balaban J connectivity index is 1.02. The van der Waals surface area contributed by atoms with Crippen LogP contribution in [0.15, 0.2) is 54.9 Å². The number of fused-ring (bicyclic) bond motifs is 1. The average Bonchev–Trinajstić information content (AvgIpc) is 2.96. The van der Waals surface area contributed by atoms with Crippen LogP contribution in [0.4, 0.5) is 19.4 Å². The second-order valence-electron chi connectivity index (χ2n) is 11.4. The number of ether oxygens (including phenoxy) is 1. The first-order valence-corrected chi connectivity index (χ1v) is 14.2. The van der Waals surface area contributed by atoms with Crippen molar-refractivity contribution in [2.45, 2.75) is 63.6 Å². The Hall–Kier alpha value is -3.66. The van der Waals surface area contributed by atoms with Gasteiger partial charge in [0.2, 0.25) is 0 Å². The van der Waals surface area contributed by atoms with Crippen LogP contribution in [-0.4, -0.2) is 70.4 Å². The highest BCUT2D eigenvalue weighted by atomic mass is 19.3. The molecule has 2 heterocycles. The third-order valence-corrected chi connectivity index (χ3v) is 8.32. The fourth-order valence-electron chi connectivity index (χ4n) is 5.86. The van der Waals surface area contributed by atoms with E-state index in [9.17, 15) is 18.4 Å². The van der Waals surface area contributed by atoms with Crippen LogP contribution in [0.2, 0.25) is 0 Å². The molecule has 2 fully saturated rings. The van der Waals surface area contributed by atoms with E-state index in [2.05, 4.69) is 20.2 Å². The molecule has 2 aliphatic rings. The summed E-state index contributed by atoms with van der Waals surface area (Å²) in [6.07, 6.45) is 5.45. The number of hydrogen-bond donors (Lipinski definition) is 1. The van der Waals surface area contributed by atoms with E-state index in [1.54, 1.807) is 11.0 Å². The lowest BCUT2D eigenvalue weighted by Crippen LogP contribution is -2.54. The first-order chi connectivity index (χ1) is 19.7. The highest BCUT2D eigenvalue weighted by Crippen LogP contribution is 2.33. The van der Waals surface area contributed by atoms with Gasteiger partial charge in [0, 0.05) is 56.5 Å². The number of benzene rings is 2. The van der Waals surface area contributed by atoms with Gasteiger partial charge in [0.1, 0.15) is 18.8 Å². The lowest BCUT2D eigenvalue weighted by molar-refractivity contribution is -0.120. The van der Waals surface area contributed by atoms with Crippen molar-refractivity contribution >= 4 is 28.6 Å². The van der Waals surface area contributed by atoms with Crippen LogP contribution in [0.25, 0.3) is 10.9 Å². The van der Waals surface area contributed by atoms with E-state index in [-0.39, 0.29) is 36.6 Å². The number of alkyl halides is 2. The molecule has 1 N–H and O–H groups in total. The number of nitrogens with zero attached hydrogens (tertiary/aromatic N) is 4. The normalized spacial score (nSPS) is 19.9. The first kappa shape index (κ1) is 28.9.